The Morgan fingerprint density at radius 2 is 1.83 bits per heavy atom. The molecular formula is C12H17NO4S. The number of aryl methyl sites for hydroxylation is 1. The Labute approximate surface area is 107 Å². The number of anilines is 1. The Balaban J connectivity index is 3.22. The monoisotopic (exact) mass is 271 g/mol. The first-order valence-corrected chi connectivity index (χ1v) is 7.43. The van der Waals surface area contributed by atoms with Gasteiger partial charge in [0.05, 0.1) is 11.9 Å². The van der Waals surface area contributed by atoms with Crippen molar-refractivity contribution in [2.75, 3.05) is 10.6 Å². The number of aliphatic carboxylic acids is 1. The third kappa shape index (κ3) is 3.22. The number of carboxylic acid groups (broad SMARTS) is 1. The molecule has 0 aliphatic carbocycles. The summed E-state index contributed by atoms with van der Waals surface area (Å²) in [5.41, 5.74) is 1.43. The van der Waals surface area contributed by atoms with E-state index in [0.717, 1.165) is 22.5 Å². The van der Waals surface area contributed by atoms with Gasteiger partial charge in [0.15, 0.2) is 0 Å². The van der Waals surface area contributed by atoms with Crippen molar-refractivity contribution in [1.29, 1.82) is 0 Å². The summed E-state index contributed by atoms with van der Waals surface area (Å²) in [4.78, 5) is 11.0. The molecule has 18 heavy (non-hydrogen) atoms. The van der Waals surface area contributed by atoms with Gasteiger partial charge in [-0.25, -0.2) is 13.2 Å². The van der Waals surface area contributed by atoms with Gasteiger partial charge in [0.1, 0.15) is 6.04 Å². The highest BCUT2D eigenvalue weighted by Gasteiger charge is 2.28. The molecule has 0 unspecified atom stereocenters. The molecule has 1 rings (SSSR count). The van der Waals surface area contributed by atoms with Gasteiger partial charge in [-0.15, -0.1) is 0 Å². The molecule has 6 heteroatoms. The summed E-state index contributed by atoms with van der Waals surface area (Å²) in [5.74, 6) is -1.18. The van der Waals surface area contributed by atoms with Crippen LogP contribution in [0.1, 0.15) is 19.4 Å². The summed E-state index contributed by atoms with van der Waals surface area (Å²) in [6, 6.07) is 5.70. The van der Waals surface area contributed by atoms with Crippen LogP contribution in [-0.4, -0.2) is 31.8 Å². The van der Waals surface area contributed by atoms with Crippen molar-refractivity contribution in [3.8, 4) is 0 Å². The number of benzene rings is 1. The number of carbonyl (C=O) groups is 1. The summed E-state index contributed by atoms with van der Waals surface area (Å²) >= 11 is 0. The van der Waals surface area contributed by atoms with E-state index in [1.807, 2.05) is 6.92 Å². The van der Waals surface area contributed by atoms with Crippen molar-refractivity contribution in [3.63, 3.8) is 0 Å². The van der Waals surface area contributed by atoms with Gasteiger partial charge < -0.3 is 5.11 Å². The van der Waals surface area contributed by atoms with Crippen LogP contribution in [0.25, 0.3) is 0 Å². The first kappa shape index (κ1) is 14.5. The van der Waals surface area contributed by atoms with Crippen LogP contribution in [0.4, 0.5) is 5.69 Å². The molecular weight excluding hydrogens is 254 g/mol. The van der Waals surface area contributed by atoms with Crippen LogP contribution in [0.15, 0.2) is 24.3 Å². The summed E-state index contributed by atoms with van der Waals surface area (Å²) in [5, 5.41) is 8.97. The number of nitrogens with zero attached hydrogens (tertiary/aromatic N) is 1. The number of hydrogen-bond donors (Lipinski definition) is 1. The zero-order chi connectivity index (χ0) is 13.9. The maximum atomic E-state index is 11.7. The maximum Gasteiger partial charge on any atom is 0.327 e. The first-order valence-electron chi connectivity index (χ1n) is 5.58. The quantitative estimate of drug-likeness (QED) is 0.880. The van der Waals surface area contributed by atoms with Crippen molar-refractivity contribution in [2.24, 2.45) is 0 Å². The van der Waals surface area contributed by atoms with Crippen LogP contribution in [0, 0.1) is 0 Å². The van der Waals surface area contributed by atoms with Gasteiger partial charge in [-0.2, -0.15) is 0 Å². The van der Waals surface area contributed by atoms with Crippen LogP contribution in [0.3, 0.4) is 0 Å². The third-order valence-corrected chi connectivity index (χ3v) is 3.91. The van der Waals surface area contributed by atoms with Crippen LogP contribution in [0.5, 0.6) is 0 Å². The topological polar surface area (TPSA) is 74.7 Å². The van der Waals surface area contributed by atoms with E-state index in [9.17, 15) is 13.2 Å². The second-order valence-corrected chi connectivity index (χ2v) is 5.95. The molecule has 0 aromatic heterocycles. The molecule has 1 aromatic rings. The highest BCUT2D eigenvalue weighted by Crippen LogP contribution is 2.21. The lowest BCUT2D eigenvalue weighted by Crippen LogP contribution is -2.42. The molecule has 0 aliphatic rings. The largest absolute Gasteiger partial charge is 0.480 e. The lowest BCUT2D eigenvalue weighted by atomic mass is 10.1. The van der Waals surface area contributed by atoms with E-state index < -0.39 is 22.0 Å². The SMILES string of the molecule is CCc1ccc(N([C@@H](C)C(=O)O)S(C)(=O)=O)cc1. The van der Waals surface area contributed by atoms with Gasteiger partial charge in [0.2, 0.25) is 10.0 Å². The lowest BCUT2D eigenvalue weighted by Gasteiger charge is -2.26. The number of sulfonamides is 1. The molecule has 0 saturated heterocycles. The van der Waals surface area contributed by atoms with Crippen LogP contribution in [-0.2, 0) is 21.2 Å². The second kappa shape index (κ2) is 5.39. The van der Waals surface area contributed by atoms with E-state index in [1.54, 1.807) is 24.3 Å². The Hall–Kier alpha value is -1.56. The van der Waals surface area contributed by atoms with Crippen molar-refractivity contribution in [1.82, 2.24) is 0 Å². The minimum atomic E-state index is -3.63. The normalized spacial score (nSPS) is 13.1. The predicted octanol–water partition coefficient (Wildman–Crippen LogP) is 1.49. The molecule has 5 nitrogen and oxygen atoms in total. The van der Waals surface area contributed by atoms with E-state index >= 15 is 0 Å². The summed E-state index contributed by atoms with van der Waals surface area (Å²) in [6.07, 6.45) is 1.84. The van der Waals surface area contributed by atoms with E-state index in [2.05, 4.69) is 0 Å². The minimum Gasteiger partial charge on any atom is -0.480 e. The summed E-state index contributed by atoms with van der Waals surface area (Å²) in [7, 11) is -3.63. The highest BCUT2D eigenvalue weighted by atomic mass is 32.2. The molecule has 0 saturated carbocycles. The van der Waals surface area contributed by atoms with E-state index in [4.69, 9.17) is 5.11 Å². The average Bonchev–Trinajstić information content (AvgIpc) is 2.28. The lowest BCUT2D eigenvalue weighted by molar-refractivity contribution is -0.137. The van der Waals surface area contributed by atoms with E-state index in [-0.39, 0.29) is 0 Å². The highest BCUT2D eigenvalue weighted by molar-refractivity contribution is 7.92. The van der Waals surface area contributed by atoms with Crippen LogP contribution in [0.2, 0.25) is 0 Å². The third-order valence-electron chi connectivity index (χ3n) is 2.67. The number of hydrogen-bond acceptors (Lipinski definition) is 3. The Morgan fingerprint density at radius 3 is 2.17 bits per heavy atom. The summed E-state index contributed by atoms with van der Waals surface area (Å²) in [6.45, 7) is 3.33. The zero-order valence-electron chi connectivity index (χ0n) is 10.6. The minimum absolute atomic E-state index is 0.365. The molecule has 1 N–H and O–H groups in total. The van der Waals surface area contributed by atoms with Gasteiger partial charge in [-0.05, 0) is 31.0 Å². The van der Waals surface area contributed by atoms with Crippen molar-refractivity contribution in [2.45, 2.75) is 26.3 Å². The molecule has 100 valence electrons. The zero-order valence-corrected chi connectivity index (χ0v) is 11.4. The molecule has 1 aromatic carbocycles. The fourth-order valence-electron chi connectivity index (χ4n) is 1.68. The molecule has 0 heterocycles. The van der Waals surface area contributed by atoms with Gasteiger partial charge in [-0.1, -0.05) is 19.1 Å². The standard InChI is InChI=1S/C12H17NO4S/c1-4-10-5-7-11(8-6-10)13(18(3,16)17)9(2)12(14)15/h5-9H,4H2,1-3H3,(H,14,15)/t9-/m0/s1. The average molecular weight is 271 g/mol. The van der Waals surface area contributed by atoms with Gasteiger partial charge in [0.25, 0.3) is 0 Å². The number of carboxylic acids is 1. The molecule has 0 fully saturated rings. The predicted molar refractivity (Wildman–Crippen MR) is 70.2 cm³/mol. The molecule has 0 amide bonds. The smallest absolute Gasteiger partial charge is 0.327 e. The van der Waals surface area contributed by atoms with Crippen LogP contribution >= 0.6 is 0 Å². The van der Waals surface area contributed by atoms with E-state index in [0.29, 0.717) is 5.69 Å². The van der Waals surface area contributed by atoms with Crippen molar-refractivity contribution in [3.05, 3.63) is 29.8 Å². The van der Waals surface area contributed by atoms with Crippen LogP contribution < -0.4 is 4.31 Å². The number of rotatable bonds is 5. The maximum absolute atomic E-state index is 11.7. The van der Waals surface area contributed by atoms with E-state index in [1.165, 1.54) is 6.92 Å². The molecule has 0 spiro atoms. The molecule has 1 atom stereocenters. The Kier molecular flexibility index (Phi) is 4.34. The molecule has 0 aliphatic heterocycles. The fraction of sp³-hybridized carbons (Fsp3) is 0.417. The fourth-order valence-corrected chi connectivity index (χ4v) is 2.85. The van der Waals surface area contributed by atoms with Crippen molar-refractivity contribution >= 4 is 21.7 Å². The molecule has 0 bridgehead atoms. The first-order chi connectivity index (χ1) is 8.27. The molecule has 0 radical (unpaired) electrons. The van der Waals surface area contributed by atoms with Gasteiger partial charge in [-0.3, -0.25) is 4.31 Å². The summed E-state index contributed by atoms with van der Waals surface area (Å²) < 4.78 is 24.3. The Bertz CT molecular complexity index is 522. The van der Waals surface area contributed by atoms with Crippen molar-refractivity contribution < 1.29 is 18.3 Å². The second-order valence-electron chi connectivity index (χ2n) is 4.09. The van der Waals surface area contributed by atoms with Gasteiger partial charge in [0, 0.05) is 0 Å². The van der Waals surface area contributed by atoms with Gasteiger partial charge >= 0.3 is 5.97 Å². The Morgan fingerprint density at radius 1 is 1.33 bits per heavy atom.